The molecule has 10 nitrogen and oxygen atoms in total. The molecule has 0 spiro atoms. The van der Waals surface area contributed by atoms with Gasteiger partial charge in [-0.25, -0.2) is 4.79 Å². The number of rotatable bonds is 4. The number of nitro benzene ring substituents is 1. The van der Waals surface area contributed by atoms with Crippen molar-refractivity contribution in [1.29, 1.82) is 0 Å². The van der Waals surface area contributed by atoms with E-state index in [0.717, 1.165) is 31.9 Å². The lowest BCUT2D eigenvalue weighted by molar-refractivity contribution is -0.384. The van der Waals surface area contributed by atoms with Crippen LogP contribution in [0, 0.1) is 10.1 Å². The second kappa shape index (κ2) is 9.32. The third kappa shape index (κ3) is 4.81. The van der Waals surface area contributed by atoms with Crippen molar-refractivity contribution in [3.63, 3.8) is 0 Å². The van der Waals surface area contributed by atoms with Gasteiger partial charge in [-0.05, 0) is 13.1 Å². The number of carbonyl (C=O) groups is 1. The molecule has 0 aromatic heterocycles. The molecule has 11 heteroatoms. The van der Waals surface area contributed by atoms with E-state index in [-0.39, 0.29) is 23.6 Å². The summed E-state index contributed by atoms with van der Waals surface area (Å²) in [6.45, 7) is 4.20. The van der Waals surface area contributed by atoms with E-state index in [1.54, 1.807) is 6.07 Å². The molecule has 2 aliphatic heterocycles. The Morgan fingerprint density at radius 3 is 2.50 bits per heavy atom. The highest BCUT2D eigenvalue weighted by Gasteiger charge is 2.22. The Hall–Kier alpha value is -2.43. The Bertz CT molecular complexity index is 678. The molecule has 0 radical (unpaired) electrons. The molecule has 1 amide bonds. The fourth-order valence-electron chi connectivity index (χ4n) is 2.72. The second-order valence-electron chi connectivity index (χ2n) is 5.77. The van der Waals surface area contributed by atoms with Crippen LogP contribution in [0.4, 0.5) is 16.2 Å². The van der Waals surface area contributed by atoms with Crippen LogP contribution in [0.15, 0.2) is 23.3 Å². The van der Waals surface area contributed by atoms with E-state index in [4.69, 9.17) is 4.74 Å². The maximum atomic E-state index is 11.5. The first kappa shape index (κ1) is 21.6. The van der Waals surface area contributed by atoms with Crippen LogP contribution in [0.25, 0.3) is 0 Å². The van der Waals surface area contributed by atoms with Crippen LogP contribution in [0.3, 0.4) is 0 Å². The van der Waals surface area contributed by atoms with Gasteiger partial charge < -0.3 is 20.0 Å². The third-order valence-electron chi connectivity index (χ3n) is 4.14. The zero-order chi connectivity index (χ0) is 17.1. The van der Waals surface area contributed by atoms with Gasteiger partial charge >= 0.3 is 6.09 Å². The lowest BCUT2D eigenvalue weighted by atomic mass is 10.1. The van der Waals surface area contributed by atoms with Gasteiger partial charge in [0.1, 0.15) is 6.61 Å². The number of hydrogen-bond acceptors (Lipinski definition) is 7. The highest BCUT2D eigenvalue weighted by atomic mass is 35.5. The summed E-state index contributed by atoms with van der Waals surface area (Å²) in [5.74, 6) is 0. The summed E-state index contributed by atoms with van der Waals surface area (Å²) in [7, 11) is 2.06. The molecular weight excluding hydrogens is 366 g/mol. The number of halogens is 1. The summed E-state index contributed by atoms with van der Waals surface area (Å²) < 4.78 is 4.82. The Labute approximate surface area is 156 Å². The first-order chi connectivity index (χ1) is 11.5. The number of amides is 1. The number of benzene rings is 1. The molecule has 0 atom stereocenters. The molecule has 2 heterocycles. The molecule has 0 bridgehead atoms. The van der Waals surface area contributed by atoms with E-state index >= 15 is 0 Å². The number of ether oxygens (including phenoxy) is 1. The minimum absolute atomic E-state index is 0. The molecule has 2 saturated heterocycles. The summed E-state index contributed by atoms with van der Waals surface area (Å²) in [4.78, 5) is 26.5. The van der Waals surface area contributed by atoms with Crippen LogP contribution in [-0.4, -0.2) is 79.0 Å². The van der Waals surface area contributed by atoms with Crippen LogP contribution in [0.5, 0.6) is 0 Å². The van der Waals surface area contributed by atoms with Gasteiger partial charge in [0.05, 0.1) is 17.7 Å². The molecule has 0 aliphatic carbocycles. The van der Waals surface area contributed by atoms with Crippen molar-refractivity contribution in [1.82, 2.24) is 9.91 Å². The zero-order valence-corrected chi connectivity index (χ0v) is 15.1. The standard InChI is InChI=1S/C15H19N5O4.ClH.H2O/c1-17-4-6-18(7-5-17)14-3-2-13(20(22)23)10-12(14)11-16-19-8-9-24-15(19)21;;/h2-3,10-11H,4-9H2,1H3;1H;1H2/b16-11+;;. The summed E-state index contributed by atoms with van der Waals surface area (Å²) in [6.07, 6.45) is 0.991. The average Bonchev–Trinajstić information content (AvgIpc) is 2.98. The molecule has 0 saturated carbocycles. The predicted octanol–water partition coefficient (Wildman–Crippen LogP) is 0.730. The highest BCUT2D eigenvalue weighted by Crippen LogP contribution is 2.25. The smallest absolute Gasteiger partial charge is 0.430 e. The monoisotopic (exact) mass is 387 g/mol. The van der Waals surface area contributed by atoms with Crippen molar-refractivity contribution in [3.8, 4) is 0 Å². The van der Waals surface area contributed by atoms with E-state index in [0.29, 0.717) is 18.7 Å². The van der Waals surface area contributed by atoms with Crippen LogP contribution in [0.1, 0.15) is 5.56 Å². The number of anilines is 1. The van der Waals surface area contributed by atoms with Gasteiger partial charge in [-0.15, -0.1) is 12.4 Å². The molecule has 26 heavy (non-hydrogen) atoms. The summed E-state index contributed by atoms with van der Waals surface area (Å²) >= 11 is 0. The lowest BCUT2D eigenvalue weighted by Gasteiger charge is -2.34. The van der Waals surface area contributed by atoms with Gasteiger partial charge in [-0.3, -0.25) is 10.1 Å². The van der Waals surface area contributed by atoms with Crippen LogP contribution in [0.2, 0.25) is 0 Å². The summed E-state index contributed by atoms with van der Waals surface area (Å²) in [5.41, 5.74) is 1.50. The third-order valence-corrected chi connectivity index (χ3v) is 4.14. The van der Waals surface area contributed by atoms with Crippen molar-refractivity contribution in [2.45, 2.75) is 0 Å². The second-order valence-corrected chi connectivity index (χ2v) is 5.77. The number of nitrogens with zero attached hydrogens (tertiary/aromatic N) is 5. The van der Waals surface area contributed by atoms with E-state index in [1.807, 2.05) is 0 Å². The maximum absolute atomic E-state index is 11.5. The largest absolute Gasteiger partial charge is 0.446 e. The molecule has 2 aliphatic rings. The fourth-order valence-corrected chi connectivity index (χ4v) is 2.72. The molecule has 0 unspecified atom stereocenters. The quantitative estimate of drug-likeness (QED) is 0.426. The van der Waals surface area contributed by atoms with Crippen molar-refractivity contribution < 1.29 is 19.9 Å². The van der Waals surface area contributed by atoms with E-state index in [2.05, 4.69) is 21.9 Å². The number of carbonyl (C=O) groups excluding carboxylic acids is 1. The maximum Gasteiger partial charge on any atom is 0.430 e. The molecule has 2 N–H and O–H groups in total. The van der Waals surface area contributed by atoms with Crippen molar-refractivity contribution >= 4 is 36.1 Å². The van der Waals surface area contributed by atoms with Gasteiger partial charge in [0, 0.05) is 49.6 Å². The average molecular weight is 388 g/mol. The Kier molecular flexibility index (Phi) is 7.75. The molecule has 1 aromatic rings. The van der Waals surface area contributed by atoms with Crippen LogP contribution in [-0.2, 0) is 4.74 Å². The van der Waals surface area contributed by atoms with Gasteiger partial charge in [0.2, 0.25) is 0 Å². The molecule has 3 rings (SSSR count). The number of nitro groups is 1. The Morgan fingerprint density at radius 1 is 1.23 bits per heavy atom. The van der Waals surface area contributed by atoms with Gasteiger partial charge in [0.25, 0.3) is 5.69 Å². The Balaban J connectivity index is 0.00000169. The van der Waals surface area contributed by atoms with Crippen LogP contribution >= 0.6 is 12.4 Å². The van der Waals surface area contributed by atoms with E-state index < -0.39 is 11.0 Å². The van der Waals surface area contributed by atoms with E-state index in [1.165, 1.54) is 23.4 Å². The van der Waals surface area contributed by atoms with Gasteiger partial charge in [-0.1, -0.05) is 0 Å². The number of cyclic esters (lactones) is 1. The van der Waals surface area contributed by atoms with E-state index in [9.17, 15) is 14.9 Å². The first-order valence-corrected chi connectivity index (χ1v) is 7.75. The topological polar surface area (TPSA) is 123 Å². The van der Waals surface area contributed by atoms with Crippen molar-refractivity contribution in [2.75, 3.05) is 51.3 Å². The number of likely N-dealkylation sites (N-methyl/N-ethyl adjacent to an activating group) is 1. The highest BCUT2D eigenvalue weighted by molar-refractivity contribution is 5.90. The minimum Gasteiger partial charge on any atom is -0.446 e. The van der Waals surface area contributed by atoms with Crippen molar-refractivity contribution in [3.05, 3.63) is 33.9 Å². The normalized spacial score (nSPS) is 17.7. The molecule has 144 valence electrons. The Morgan fingerprint density at radius 2 is 1.92 bits per heavy atom. The van der Waals surface area contributed by atoms with Gasteiger partial charge in [-0.2, -0.15) is 10.1 Å². The number of piperazine rings is 1. The fraction of sp³-hybridized carbons (Fsp3) is 0.467. The number of hydrazone groups is 1. The predicted molar refractivity (Wildman–Crippen MR) is 99.3 cm³/mol. The SMILES string of the molecule is CN1CCN(c2ccc([N+](=O)[O-])cc2/C=N/N2CCOC2=O)CC1.Cl.O. The number of non-ortho nitro benzene ring substituents is 1. The van der Waals surface area contributed by atoms with Crippen molar-refractivity contribution in [2.24, 2.45) is 5.10 Å². The summed E-state index contributed by atoms with van der Waals surface area (Å²) in [5, 5.41) is 16.4. The summed E-state index contributed by atoms with van der Waals surface area (Å²) in [6, 6.07) is 4.72. The number of hydrogen-bond donors (Lipinski definition) is 0. The van der Waals surface area contributed by atoms with Crippen LogP contribution < -0.4 is 4.90 Å². The molecular formula is C15H22ClN5O5. The molecule has 1 aromatic carbocycles. The van der Waals surface area contributed by atoms with Gasteiger partial charge in [0.15, 0.2) is 0 Å². The first-order valence-electron chi connectivity index (χ1n) is 7.75. The lowest BCUT2D eigenvalue weighted by Crippen LogP contribution is -2.44. The molecule has 2 fully saturated rings. The minimum atomic E-state index is -0.502. The zero-order valence-electron chi connectivity index (χ0n) is 14.3.